The maximum atomic E-state index is 11.3. The molecule has 0 aromatic heterocycles. The Balaban J connectivity index is -0.000000139. The molecular formula is C20H20F12O8Zr. The smallest absolute Gasteiger partial charge is 0.454 e. The first-order chi connectivity index (χ1) is 17.3. The monoisotopic (exact) mass is 706 g/mol. The van der Waals surface area contributed by atoms with Crippen molar-refractivity contribution < 1.29 is 118 Å². The quantitative estimate of drug-likeness (QED) is 0.151. The van der Waals surface area contributed by atoms with Crippen LogP contribution in [0.5, 0.6) is 0 Å². The maximum absolute atomic E-state index is 11.3. The normalized spacial score (nSPS) is 13.1. The molecule has 0 aromatic carbocycles. The van der Waals surface area contributed by atoms with Gasteiger partial charge in [0.25, 0.3) is 23.1 Å². The molecule has 0 aliphatic carbocycles. The number of rotatable bonds is 4. The predicted molar refractivity (Wildman–Crippen MR) is 110 cm³/mol. The fourth-order valence-electron chi connectivity index (χ4n) is 1.09. The summed E-state index contributed by atoms with van der Waals surface area (Å²) in [4.78, 5) is 39.7. The van der Waals surface area contributed by atoms with Gasteiger partial charge in [0.05, 0.1) is 23.0 Å². The van der Waals surface area contributed by atoms with E-state index in [0.29, 0.717) is 0 Å². The summed E-state index contributed by atoms with van der Waals surface area (Å²) in [6, 6.07) is 0. The topological polar surface area (TPSA) is 149 Å². The Labute approximate surface area is 241 Å². The van der Waals surface area contributed by atoms with Crippen LogP contribution in [-0.2, 0) is 45.4 Å². The molecule has 0 unspecified atom stereocenters. The van der Waals surface area contributed by atoms with Gasteiger partial charge in [-0.1, -0.05) is 0 Å². The Bertz CT molecular complexity index is 824. The van der Waals surface area contributed by atoms with Crippen molar-refractivity contribution >= 4 is 23.1 Å². The summed E-state index contributed by atoms with van der Waals surface area (Å²) in [5, 5.41) is 32.9. The van der Waals surface area contributed by atoms with Gasteiger partial charge in [-0.25, -0.2) is 0 Å². The van der Waals surface area contributed by atoms with E-state index < -0.39 is 70.9 Å². The number of allylic oxidation sites excluding steroid dienone is 8. The molecule has 0 bridgehead atoms. The SMILES string of the molecule is C/C(O)=C/C(=O)C(F)(F)F.CC(O)=CC(=O)C(F)(F)F.CC(O)=CC(=O)C(F)(F)F.CC(O)=CC(=O)C(F)(F)F.[Zr]. The molecule has 0 rings (SSSR count). The van der Waals surface area contributed by atoms with Gasteiger partial charge in [-0.2, -0.15) is 52.7 Å². The van der Waals surface area contributed by atoms with Crippen molar-refractivity contribution in [3.05, 3.63) is 47.3 Å². The van der Waals surface area contributed by atoms with Crippen molar-refractivity contribution in [1.29, 1.82) is 0 Å². The molecule has 236 valence electrons. The number of alkyl halides is 12. The molecule has 21 heteroatoms. The van der Waals surface area contributed by atoms with Crippen LogP contribution in [0.15, 0.2) is 47.3 Å². The number of carbonyl (C=O) groups is 4. The van der Waals surface area contributed by atoms with E-state index in [1.165, 1.54) is 0 Å². The van der Waals surface area contributed by atoms with E-state index in [9.17, 15) is 71.9 Å². The number of halogens is 12. The first-order valence-electron chi connectivity index (χ1n) is 9.29. The third-order valence-electron chi connectivity index (χ3n) is 2.48. The van der Waals surface area contributed by atoms with Crippen LogP contribution in [0.2, 0.25) is 0 Å². The number of hydrogen-bond donors (Lipinski definition) is 4. The third-order valence-corrected chi connectivity index (χ3v) is 2.48. The Kier molecular flexibility index (Phi) is 23.1. The van der Waals surface area contributed by atoms with Gasteiger partial charge in [0.15, 0.2) is 0 Å². The molecule has 0 heterocycles. The first-order valence-corrected chi connectivity index (χ1v) is 9.29. The Hall–Kier alpha value is -3.12. The largest absolute Gasteiger partial charge is 0.512 e. The Morgan fingerprint density at radius 1 is 0.390 bits per heavy atom. The summed E-state index contributed by atoms with van der Waals surface area (Å²) in [5.74, 6) is -10.8. The number of carbonyl (C=O) groups excluding carboxylic acids is 4. The molecule has 0 fully saturated rings. The molecule has 0 aliphatic heterocycles. The molecule has 0 saturated heterocycles. The van der Waals surface area contributed by atoms with Gasteiger partial charge in [0, 0.05) is 50.5 Å². The van der Waals surface area contributed by atoms with Crippen molar-refractivity contribution in [2.24, 2.45) is 0 Å². The van der Waals surface area contributed by atoms with Crippen LogP contribution in [0.1, 0.15) is 27.7 Å². The summed E-state index contributed by atoms with van der Waals surface area (Å²) >= 11 is 0. The van der Waals surface area contributed by atoms with Crippen molar-refractivity contribution in [3.8, 4) is 0 Å². The summed E-state index contributed by atoms with van der Waals surface area (Å²) in [7, 11) is 0. The van der Waals surface area contributed by atoms with Crippen LogP contribution < -0.4 is 0 Å². The number of aliphatic hydroxyl groups excluding tert-OH is 4. The molecule has 0 atom stereocenters. The number of aliphatic hydroxyl groups is 4. The van der Waals surface area contributed by atoms with Crippen molar-refractivity contribution in [2.75, 3.05) is 0 Å². The van der Waals surface area contributed by atoms with E-state index in [-0.39, 0.29) is 50.5 Å². The van der Waals surface area contributed by atoms with Gasteiger partial charge in [-0.3, -0.25) is 19.2 Å². The van der Waals surface area contributed by atoms with Crippen LogP contribution in [0.25, 0.3) is 0 Å². The van der Waals surface area contributed by atoms with E-state index in [2.05, 4.69) is 0 Å². The van der Waals surface area contributed by atoms with Crippen molar-refractivity contribution in [1.82, 2.24) is 0 Å². The molecule has 0 aromatic rings. The second-order valence-corrected chi connectivity index (χ2v) is 6.59. The molecule has 0 amide bonds. The van der Waals surface area contributed by atoms with E-state index in [1.807, 2.05) is 0 Å². The molecule has 41 heavy (non-hydrogen) atoms. The van der Waals surface area contributed by atoms with Crippen LogP contribution in [0.4, 0.5) is 52.7 Å². The zero-order chi connectivity index (χ0) is 33.4. The van der Waals surface area contributed by atoms with Gasteiger partial charge in [0.1, 0.15) is 0 Å². The van der Waals surface area contributed by atoms with Gasteiger partial charge >= 0.3 is 24.7 Å². The van der Waals surface area contributed by atoms with Crippen LogP contribution in [0, 0.1) is 0 Å². The van der Waals surface area contributed by atoms with Crippen molar-refractivity contribution in [2.45, 2.75) is 52.4 Å². The van der Waals surface area contributed by atoms with Gasteiger partial charge < -0.3 is 20.4 Å². The molecule has 0 aliphatic rings. The maximum Gasteiger partial charge on any atom is 0.454 e. The fraction of sp³-hybridized carbons (Fsp3) is 0.400. The van der Waals surface area contributed by atoms with E-state index in [0.717, 1.165) is 27.7 Å². The molecule has 0 spiro atoms. The zero-order valence-corrected chi connectivity index (χ0v) is 23.2. The Morgan fingerprint density at radius 3 is 0.512 bits per heavy atom. The van der Waals surface area contributed by atoms with Gasteiger partial charge in [-0.15, -0.1) is 0 Å². The molecule has 0 saturated carbocycles. The van der Waals surface area contributed by atoms with E-state index in [4.69, 9.17) is 20.4 Å². The van der Waals surface area contributed by atoms with Gasteiger partial charge in [-0.05, 0) is 27.7 Å². The number of ketones is 4. The van der Waals surface area contributed by atoms with Crippen LogP contribution >= 0.6 is 0 Å². The molecule has 4 N–H and O–H groups in total. The van der Waals surface area contributed by atoms with Crippen LogP contribution in [0.3, 0.4) is 0 Å². The van der Waals surface area contributed by atoms with Crippen molar-refractivity contribution in [3.63, 3.8) is 0 Å². The summed E-state index contributed by atoms with van der Waals surface area (Å²) in [6.45, 7) is 3.96. The summed E-state index contributed by atoms with van der Waals surface area (Å²) in [5.41, 5.74) is 0. The van der Waals surface area contributed by atoms with Crippen LogP contribution in [-0.4, -0.2) is 68.3 Å². The summed E-state index contributed by atoms with van der Waals surface area (Å²) in [6.07, 6.45) is -19.0. The van der Waals surface area contributed by atoms with E-state index in [1.54, 1.807) is 0 Å². The molecule has 0 radical (unpaired) electrons. The number of hydrogen-bond acceptors (Lipinski definition) is 8. The minimum Gasteiger partial charge on any atom is -0.512 e. The predicted octanol–water partition coefficient (Wildman–Crippen LogP) is 6.32. The minimum absolute atomic E-state index is 0. The van der Waals surface area contributed by atoms with Gasteiger partial charge in [0.2, 0.25) is 0 Å². The molecular weight excluding hydrogens is 687 g/mol. The second kappa shape index (κ2) is 19.9. The summed E-state index contributed by atoms with van der Waals surface area (Å²) < 4.78 is 136. The van der Waals surface area contributed by atoms with E-state index >= 15 is 0 Å². The Morgan fingerprint density at radius 2 is 0.488 bits per heavy atom. The second-order valence-electron chi connectivity index (χ2n) is 6.59. The third kappa shape index (κ3) is 33.0. The average Bonchev–Trinajstić information content (AvgIpc) is 2.64. The standard InChI is InChI=1S/4C5H5F3O2.Zr/c4*1-3(9)2-4(10)5(6,7)8;/h4*2,9H,1H3;/b3-2-;;;;. The molecule has 8 nitrogen and oxygen atoms in total. The average molecular weight is 708 g/mol. The fourth-order valence-corrected chi connectivity index (χ4v) is 1.09. The minimum atomic E-state index is -4.88. The first kappa shape index (κ1) is 47.7. The zero-order valence-electron chi connectivity index (χ0n) is 20.8.